The number of thiazole rings is 1. The Labute approximate surface area is 165 Å². The SMILES string of the molecule is COc1cc(NC(=O)Cc2csc(-c3ccsc3)n2)ccc1NS(C)(=O)=O. The number of hydrogen-bond donors (Lipinski definition) is 2. The van der Waals surface area contributed by atoms with Gasteiger partial charge in [-0.15, -0.1) is 11.3 Å². The van der Waals surface area contributed by atoms with E-state index in [4.69, 9.17) is 4.74 Å². The van der Waals surface area contributed by atoms with Crippen molar-refractivity contribution in [3.05, 3.63) is 46.1 Å². The van der Waals surface area contributed by atoms with E-state index in [1.54, 1.807) is 23.5 Å². The lowest BCUT2D eigenvalue weighted by Crippen LogP contribution is -2.15. The molecule has 2 heterocycles. The first kappa shape index (κ1) is 19.3. The molecular weight excluding hydrogens is 406 g/mol. The number of amides is 1. The number of sulfonamides is 1. The maximum absolute atomic E-state index is 12.3. The fourth-order valence-electron chi connectivity index (χ4n) is 2.33. The highest BCUT2D eigenvalue weighted by Crippen LogP contribution is 2.29. The number of ether oxygens (including phenoxy) is 1. The molecule has 0 atom stereocenters. The molecule has 0 spiro atoms. The van der Waals surface area contributed by atoms with E-state index in [0.29, 0.717) is 22.8 Å². The van der Waals surface area contributed by atoms with Gasteiger partial charge < -0.3 is 10.1 Å². The molecule has 0 saturated heterocycles. The molecule has 0 bridgehead atoms. The van der Waals surface area contributed by atoms with Crippen molar-refractivity contribution in [3.63, 3.8) is 0 Å². The average molecular weight is 424 g/mol. The number of carbonyl (C=O) groups is 1. The van der Waals surface area contributed by atoms with E-state index < -0.39 is 10.0 Å². The molecule has 142 valence electrons. The van der Waals surface area contributed by atoms with Crippen LogP contribution in [0.1, 0.15) is 5.69 Å². The van der Waals surface area contributed by atoms with Crippen molar-refractivity contribution >= 4 is 50.0 Å². The van der Waals surface area contributed by atoms with Crippen LogP contribution >= 0.6 is 22.7 Å². The van der Waals surface area contributed by atoms with Crippen LogP contribution in [0.3, 0.4) is 0 Å². The van der Waals surface area contributed by atoms with E-state index >= 15 is 0 Å². The van der Waals surface area contributed by atoms with Crippen LogP contribution in [-0.2, 0) is 21.2 Å². The summed E-state index contributed by atoms with van der Waals surface area (Å²) in [7, 11) is -2.00. The number of rotatable bonds is 7. The van der Waals surface area contributed by atoms with E-state index in [1.165, 1.54) is 24.5 Å². The largest absolute Gasteiger partial charge is 0.494 e. The lowest BCUT2D eigenvalue weighted by Gasteiger charge is -2.12. The second-order valence-corrected chi connectivity index (χ2v) is 9.06. The molecular formula is C17H17N3O4S3. The van der Waals surface area contributed by atoms with Gasteiger partial charge in [0.2, 0.25) is 15.9 Å². The van der Waals surface area contributed by atoms with Crippen LogP contribution in [-0.4, -0.2) is 32.7 Å². The monoisotopic (exact) mass is 423 g/mol. The molecule has 2 N–H and O–H groups in total. The topological polar surface area (TPSA) is 97.4 Å². The van der Waals surface area contributed by atoms with Gasteiger partial charge in [0.1, 0.15) is 10.8 Å². The van der Waals surface area contributed by atoms with Crippen molar-refractivity contribution in [1.29, 1.82) is 0 Å². The maximum atomic E-state index is 12.3. The first-order valence-corrected chi connectivity index (χ1v) is 11.5. The summed E-state index contributed by atoms with van der Waals surface area (Å²) < 4.78 is 30.3. The molecule has 3 aromatic rings. The van der Waals surface area contributed by atoms with Crippen molar-refractivity contribution < 1.29 is 17.9 Å². The molecule has 1 amide bonds. The van der Waals surface area contributed by atoms with Gasteiger partial charge in [-0.3, -0.25) is 9.52 Å². The Kier molecular flexibility index (Phi) is 5.78. The van der Waals surface area contributed by atoms with Gasteiger partial charge in [-0.2, -0.15) is 11.3 Å². The number of benzene rings is 1. The van der Waals surface area contributed by atoms with Crippen LogP contribution < -0.4 is 14.8 Å². The highest BCUT2D eigenvalue weighted by molar-refractivity contribution is 7.92. The molecule has 0 fully saturated rings. The fraction of sp³-hybridized carbons (Fsp3) is 0.176. The van der Waals surface area contributed by atoms with Crippen LogP contribution in [0.5, 0.6) is 5.75 Å². The lowest BCUT2D eigenvalue weighted by atomic mass is 10.2. The molecule has 0 unspecified atom stereocenters. The molecule has 10 heteroatoms. The number of methoxy groups -OCH3 is 1. The molecule has 0 radical (unpaired) electrons. The number of anilines is 2. The molecule has 0 aliphatic carbocycles. The van der Waals surface area contributed by atoms with E-state index in [9.17, 15) is 13.2 Å². The second kappa shape index (κ2) is 8.07. The normalized spacial score (nSPS) is 11.2. The number of nitrogens with zero attached hydrogens (tertiary/aromatic N) is 1. The third kappa shape index (κ3) is 5.28. The Balaban J connectivity index is 1.67. The molecule has 0 saturated carbocycles. The number of thiophene rings is 1. The quantitative estimate of drug-likeness (QED) is 0.607. The van der Waals surface area contributed by atoms with E-state index in [0.717, 1.165) is 16.8 Å². The predicted octanol–water partition coefficient (Wildman–Crippen LogP) is 3.43. The van der Waals surface area contributed by atoms with Gasteiger partial charge in [-0.05, 0) is 23.6 Å². The summed E-state index contributed by atoms with van der Waals surface area (Å²) in [6, 6.07) is 6.69. The fourth-order valence-corrected chi connectivity index (χ4v) is 4.43. The van der Waals surface area contributed by atoms with Gasteiger partial charge in [0.15, 0.2) is 0 Å². The summed E-state index contributed by atoms with van der Waals surface area (Å²) in [6.07, 6.45) is 1.20. The third-order valence-corrected chi connectivity index (χ3v) is 5.66. The number of carbonyl (C=O) groups excluding carboxylic acids is 1. The van der Waals surface area contributed by atoms with Crippen LogP contribution in [0.15, 0.2) is 40.4 Å². The van der Waals surface area contributed by atoms with E-state index in [-0.39, 0.29) is 12.3 Å². The van der Waals surface area contributed by atoms with Gasteiger partial charge in [0, 0.05) is 28.1 Å². The molecule has 27 heavy (non-hydrogen) atoms. The van der Waals surface area contributed by atoms with Crippen molar-refractivity contribution in [2.75, 3.05) is 23.4 Å². The molecule has 1 aromatic carbocycles. The highest BCUT2D eigenvalue weighted by Gasteiger charge is 2.12. The number of aromatic nitrogens is 1. The smallest absolute Gasteiger partial charge is 0.230 e. The van der Waals surface area contributed by atoms with Crippen molar-refractivity contribution in [2.24, 2.45) is 0 Å². The summed E-state index contributed by atoms with van der Waals surface area (Å²) in [5.74, 6) is 0.0923. The molecule has 7 nitrogen and oxygen atoms in total. The molecule has 0 aliphatic heterocycles. The Hall–Kier alpha value is -2.43. The van der Waals surface area contributed by atoms with Crippen LogP contribution in [0.25, 0.3) is 10.6 Å². The molecule has 3 rings (SSSR count). The van der Waals surface area contributed by atoms with Gasteiger partial charge >= 0.3 is 0 Å². The van der Waals surface area contributed by atoms with E-state index in [1.807, 2.05) is 22.2 Å². The zero-order valence-electron chi connectivity index (χ0n) is 14.6. The summed E-state index contributed by atoms with van der Waals surface area (Å²) in [5.41, 5.74) is 2.55. The zero-order chi connectivity index (χ0) is 19.4. The summed E-state index contributed by atoms with van der Waals surface area (Å²) >= 11 is 3.10. The zero-order valence-corrected chi connectivity index (χ0v) is 17.0. The minimum Gasteiger partial charge on any atom is -0.494 e. The summed E-state index contributed by atoms with van der Waals surface area (Å²) in [6.45, 7) is 0. The Morgan fingerprint density at radius 3 is 2.74 bits per heavy atom. The van der Waals surface area contributed by atoms with Crippen molar-refractivity contribution in [2.45, 2.75) is 6.42 Å². The minimum atomic E-state index is -3.43. The second-order valence-electron chi connectivity index (χ2n) is 5.67. The van der Waals surface area contributed by atoms with Crippen LogP contribution in [0, 0.1) is 0 Å². The van der Waals surface area contributed by atoms with Gasteiger partial charge in [-0.1, -0.05) is 0 Å². The number of nitrogens with one attached hydrogen (secondary N) is 2. The number of hydrogen-bond acceptors (Lipinski definition) is 7. The lowest BCUT2D eigenvalue weighted by molar-refractivity contribution is -0.115. The summed E-state index contributed by atoms with van der Waals surface area (Å²) in [4.78, 5) is 16.8. The first-order chi connectivity index (χ1) is 12.8. The maximum Gasteiger partial charge on any atom is 0.230 e. The molecule has 2 aromatic heterocycles. The Bertz CT molecular complexity index is 1040. The van der Waals surface area contributed by atoms with Gasteiger partial charge in [0.05, 0.1) is 31.2 Å². The Morgan fingerprint density at radius 1 is 1.26 bits per heavy atom. The van der Waals surface area contributed by atoms with Gasteiger partial charge in [0.25, 0.3) is 0 Å². The third-order valence-electron chi connectivity index (χ3n) is 3.44. The van der Waals surface area contributed by atoms with E-state index in [2.05, 4.69) is 15.0 Å². The minimum absolute atomic E-state index is 0.145. The van der Waals surface area contributed by atoms with Crippen LogP contribution in [0.2, 0.25) is 0 Å². The summed E-state index contributed by atoms with van der Waals surface area (Å²) in [5, 5.41) is 9.52. The average Bonchev–Trinajstić information content (AvgIpc) is 3.26. The highest BCUT2D eigenvalue weighted by atomic mass is 32.2. The van der Waals surface area contributed by atoms with Gasteiger partial charge in [-0.25, -0.2) is 13.4 Å². The standard InChI is InChI=1S/C17H17N3O4S3/c1-24-15-7-12(3-4-14(15)20-27(2,22)23)18-16(21)8-13-10-26-17(19-13)11-5-6-25-9-11/h3-7,9-10,20H,8H2,1-2H3,(H,18,21). The Morgan fingerprint density at radius 2 is 2.07 bits per heavy atom. The predicted molar refractivity (Wildman–Crippen MR) is 109 cm³/mol. The van der Waals surface area contributed by atoms with Crippen molar-refractivity contribution in [3.8, 4) is 16.3 Å². The van der Waals surface area contributed by atoms with Crippen LogP contribution in [0.4, 0.5) is 11.4 Å². The van der Waals surface area contributed by atoms with Crippen molar-refractivity contribution in [1.82, 2.24) is 4.98 Å². The molecule has 0 aliphatic rings. The first-order valence-electron chi connectivity index (χ1n) is 7.77.